The van der Waals surface area contributed by atoms with Gasteiger partial charge in [0.1, 0.15) is 0 Å². The van der Waals surface area contributed by atoms with E-state index in [9.17, 15) is 4.79 Å². The van der Waals surface area contributed by atoms with Crippen LogP contribution in [0.25, 0.3) is 0 Å². The van der Waals surface area contributed by atoms with Crippen LogP contribution in [-0.2, 0) is 6.54 Å². The SMILES string of the molecule is CC(NC(=O)NCCCO)c1cnn(Cc2ccccc2)c1. The van der Waals surface area contributed by atoms with Crippen molar-refractivity contribution >= 4 is 6.03 Å². The molecule has 6 heteroatoms. The summed E-state index contributed by atoms with van der Waals surface area (Å²) in [5.41, 5.74) is 2.13. The van der Waals surface area contributed by atoms with Gasteiger partial charge in [0, 0.05) is 24.9 Å². The zero-order chi connectivity index (χ0) is 15.8. The van der Waals surface area contributed by atoms with E-state index in [1.807, 2.05) is 36.0 Å². The van der Waals surface area contributed by atoms with Crippen molar-refractivity contribution in [3.8, 4) is 0 Å². The Bertz CT molecular complexity index is 583. The number of nitrogens with zero attached hydrogens (tertiary/aromatic N) is 2. The molecule has 0 aliphatic rings. The first-order valence-corrected chi connectivity index (χ1v) is 7.40. The monoisotopic (exact) mass is 302 g/mol. The predicted octanol–water partition coefficient (Wildman–Crippen LogP) is 1.67. The maximum absolute atomic E-state index is 11.7. The van der Waals surface area contributed by atoms with E-state index in [2.05, 4.69) is 27.9 Å². The van der Waals surface area contributed by atoms with Crippen LogP contribution < -0.4 is 10.6 Å². The van der Waals surface area contributed by atoms with Gasteiger partial charge in [-0.1, -0.05) is 30.3 Å². The zero-order valence-electron chi connectivity index (χ0n) is 12.7. The second-order valence-electron chi connectivity index (χ2n) is 5.16. The molecule has 0 bridgehead atoms. The molecule has 0 spiro atoms. The first-order valence-electron chi connectivity index (χ1n) is 7.40. The van der Waals surface area contributed by atoms with Crippen LogP contribution >= 0.6 is 0 Å². The lowest BCUT2D eigenvalue weighted by Crippen LogP contribution is -2.37. The molecule has 0 aliphatic heterocycles. The molecule has 118 valence electrons. The summed E-state index contributed by atoms with van der Waals surface area (Å²) >= 11 is 0. The van der Waals surface area contributed by atoms with Crippen molar-refractivity contribution < 1.29 is 9.90 Å². The number of aliphatic hydroxyl groups is 1. The van der Waals surface area contributed by atoms with Crippen molar-refractivity contribution in [3.63, 3.8) is 0 Å². The molecule has 22 heavy (non-hydrogen) atoms. The number of nitrogens with one attached hydrogen (secondary N) is 2. The highest BCUT2D eigenvalue weighted by molar-refractivity contribution is 5.74. The number of hydrogen-bond donors (Lipinski definition) is 3. The Kier molecular flexibility index (Phi) is 5.97. The summed E-state index contributed by atoms with van der Waals surface area (Å²) < 4.78 is 1.85. The van der Waals surface area contributed by atoms with Gasteiger partial charge in [0.15, 0.2) is 0 Å². The van der Waals surface area contributed by atoms with Gasteiger partial charge in [0.05, 0.1) is 18.8 Å². The average molecular weight is 302 g/mol. The van der Waals surface area contributed by atoms with E-state index in [1.165, 1.54) is 5.56 Å². The second-order valence-corrected chi connectivity index (χ2v) is 5.16. The van der Waals surface area contributed by atoms with Crippen LogP contribution in [0.5, 0.6) is 0 Å². The summed E-state index contributed by atoms with van der Waals surface area (Å²) in [5.74, 6) is 0. The topological polar surface area (TPSA) is 79.2 Å². The van der Waals surface area contributed by atoms with Gasteiger partial charge >= 0.3 is 6.03 Å². The molecular weight excluding hydrogens is 280 g/mol. The van der Waals surface area contributed by atoms with Gasteiger partial charge in [-0.15, -0.1) is 0 Å². The first-order chi connectivity index (χ1) is 10.7. The van der Waals surface area contributed by atoms with Gasteiger partial charge in [-0.05, 0) is 18.9 Å². The quantitative estimate of drug-likeness (QED) is 0.681. The molecule has 1 atom stereocenters. The van der Waals surface area contributed by atoms with Gasteiger partial charge in [0.25, 0.3) is 0 Å². The van der Waals surface area contributed by atoms with Crippen LogP contribution in [0, 0.1) is 0 Å². The molecule has 1 unspecified atom stereocenters. The minimum absolute atomic E-state index is 0.0715. The molecule has 0 radical (unpaired) electrons. The minimum Gasteiger partial charge on any atom is -0.396 e. The number of hydrogen-bond acceptors (Lipinski definition) is 3. The van der Waals surface area contributed by atoms with Crippen molar-refractivity contribution in [1.29, 1.82) is 0 Å². The fourth-order valence-corrected chi connectivity index (χ4v) is 2.07. The number of benzene rings is 1. The Labute approximate surface area is 130 Å². The van der Waals surface area contributed by atoms with Gasteiger partial charge in [-0.2, -0.15) is 5.10 Å². The average Bonchev–Trinajstić information content (AvgIpc) is 2.97. The van der Waals surface area contributed by atoms with E-state index in [-0.39, 0.29) is 18.7 Å². The highest BCUT2D eigenvalue weighted by Gasteiger charge is 2.11. The lowest BCUT2D eigenvalue weighted by atomic mass is 10.2. The number of rotatable bonds is 7. The standard InChI is InChI=1S/C16H22N4O2/c1-13(19-16(22)17-8-5-9-21)15-10-18-20(12-15)11-14-6-3-2-4-7-14/h2-4,6-7,10,12-13,21H,5,8-9,11H2,1H3,(H2,17,19,22). The summed E-state index contributed by atoms with van der Waals surface area (Å²) in [5, 5.41) is 18.5. The Balaban J connectivity index is 1.86. The van der Waals surface area contributed by atoms with Gasteiger partial charge in [-0.25, -0.2) is 4.79 Å². The lowest BCUT2D eigenvalue weighted by Gasteiger charge is -2.12. The van der Waals surface area contributed by atoms with E-state index >= 15 is 0 Å². The highest BCUT2D eigenvalue weighted by Crippen LogP contribution is 2.11. The van der Waals surface area contributed by atoms with Crippen LogP contribution in [0.15, 0.2) is 42.7 Å². The fraction of sp³-hybridized carbons (Fsp3) is 0.375. The molecule has 2 rings (SSSR count). The zero-order valence-corrected chi connectivity index (χ0v) is 12.7. The minimum atomic E-state index is -0.239. The summed E-state index contributed by atoms with van der Waals surface area (Å²) in [6, 6.07) is 9.73. The number of aliphatic hydroxyl groups excluding tert-OH is 1. The fourth-order valence-electron chi connectivity index (χ4n) is 2.07. The molecule has 6 nitrogen and oxygen atoms in total. The van der Waals surface area contributed by atoms with Gasteiger partial charge < -0.3 is 15.7 Å². The van der Waals surface area contributed by atoms with Crippen LogP contribution in [0.4, 0.5) is 4.79 Å². The van der Waals surface area contributed by atoms with Crippen molar-refractivity contribution in [2.75, 3.05) is 13.2 Å². The molecule has 3 N–H and O–H groups in total. The third kappa shape index (κ3) is 4.89. The predicted molar refractivity (Wildman–Crippen MR) is 84.4 cm³/mol. The maximum atomic E-state index is 11.7. The maximum Gasteiger partial charge on any atom is 0.315 e. The molecule has 2 amide bonds. The summed E-state index contributed by atoms with van der Waals surface area (Å²) in [7, 11) is 0. The third-order valence-electron chi connectivity index (χ3n) is 3.31. The molecule has 0 fully saturated rings. The van der Waals surface area contributed by atoms with Gasteiger partial charge in [-0.3, -0.25) is 4.68 Å². The smallest absolute Gasteiger partial charge is 0.315 e. The van der Waals surface area contributed by atoms with Gasteiger partial charge in [0.2, 0.25) is 0 Å². The van der Waals surface area contributed by atoms with Crippen LogP contribution in [0.2, 0.25) is 0 Å². The summed E-state index contributed by atoms with van der Waals surface area (Å²) in [6.45, 7) is 3.15. The van der Waals surface area contributed by atoms with Crippen molar-refractivity contribution in [2.24, 2.45) is 0 Å². The number of aromatic nitrogens is 2. The first kappa shape index (κ1) is 16.0. The summed E-state index contributed by atoms with van der Waals surface area (Å²) in [6.07, 6.45) is 4.25. The largest absolute Gasteiger partial charge is 0.396 e. The number of carbonyl (C=O) groups excluding carboxylic acids is 1. The highest BCUT2D eigenvalue weighted by atomic mass is 16.3. The van der Waals surface area contributed by atoms with Crippen LogP contribution in [0.1, 0.15) is 30.5 Å². The third-order valence-corrected chi connectivity index (χ3v) is 3.31. The number of urea groups is 1. The number of amides is 2. The molecular formula is C16H22N4O2. The molecule has 0 saturated heterocycles. The lowest BCUT2D eigenvalue weighted by molar-refractivity contribution is 0.235. The molecule has 2 aromatic rings. The Morgan fingerprint density at radius 1 is 1.36 bits per heavy atom. The van der Waals surface area contributed by atoms with Crippen LogP contribution in [-0.4, -0.2) is 34.1 Å². The van der Waals surface area contributed by atoms with Crippen molar-refractivity contribution in [2.45, 2.75) is 25.9 Å². The second kappa shape index (κ2) is 8.19. The molecule has 1 aromatic heterocycles. The van der Waals surface area contributed by atoms with E-state index < -0.39 is 0 Å². The van der Waals surface area contributed by atoms with E-state index in [4.69, 9.17) is 5.11 Å². The van der Waals surface area contributed by atoms with Crippen molar-refractivity contribution in [1.82, 2.24) is 20.4 Å². The van der Waals surface area contributed by atoms with E-state index in [0.717, 1.165) is 5.56 Å². The normalized spacial score (nSPS) is 11.9. The van der Waals surface area contributed by atoms with Crippen LogP contribution in [0.3, 0.4) is 0 Å². The molecule has 0 saturated carbocycles. The Morgan fingerprint density at radius 3 is 2.86 bits per heavy atom. The van der Waals surface area contributed by atoms with E-state index in [0.29, 0.717) is 19.5 Å². The van der Waals surface area contributed by atoms with E-state index in [1.54, 1.807) is 6.20 Å². The molecule has 0 aliphatic carbocycles. The Hall–Kier alpha value is -2.34. The molecule has 1 aromatic carbocycles. The molecule has 1 heterocycles. The number of carbonyl (C=O) groups is 1. The Morgan fingerprint density at radius 2 is 2.14 bits per heavy atom. The summed E-state index contributed by atoms with van der Waals surface area (Å²) in [4.78, 5) is 11.7. The van der Waals surface area contributed by atoms with Crippen molar-refractivity contribution in [3.05, 3.63) is 53.9 Å².